The molecule has 2 aromatic rings. The lowest BCUT2D eigenvalue weighted by atomic mass is 9.86. The molecule has 3 atom stereocenters. The second-order valence-corrected chi connectivity index (χ2v) is 12.1. The number of halogens is 1. The van der Waals surface area contributed by atoms with Crippen LogP contribution in [-0.2, 0) is 14.6 Å². The first-order valence-electron chi connectivity index (χ1n) is 11.7. The molecule has 1 aliphatic rings. The summed E-state index contributed by atoms with van der Waals surface area (Å²) in [4.78, 5) is 22.9. The molecule has 10 heteroatoms. The van der Waals surface area contributed by atoms with E-state index in [1.54, 1.807) is 0 Å². The fraction of sp³-hybridized carbons (Fsp3) is 0.560. The third-order valence-electron chi connectivity index (χ3n) is 5.98. The Morgan fingerprint density at radius 2 is 1.86 bits per heavy atom. The minimum absolute atomic E-state index is 0.0123. The number of benzene rings is 1. The molecule has 0 saturated carbocycles. The molecule has 1 aliphatic heterocycles. The molecule has 0 spiro atoms. The summed E-state index contributed by atoms with van der Waals surface area (Å²) in [5.74, 6) is -0.445. The van der Waals surface area contributed by atoms with Gasteiger partial charge in [0.05, 0.1) is 11.5 Å². The number of piperidine rings is 1. The quantitative estimate of drug-likeness (QED) is 0.549. The van der Waals surface area contributed by atoms with Gasteiger partial charge in [0.2, 0.25) is 0 Å². The number of carbonyl (C=O) groups excluding carboxylic acids is 1. The van der Waals surface area contributed by atoms with E-state index in [9.17, 15) is 17.6 Å². The highest BCUT2D eigenvalue weighted by Crippen LogP contribution is 2.31. The van der Waals surface area contributed by atoms with Crippen molar-refractivity contribution in [2.45, 2.75) is 76.5 Å². The van der Waals surface area contributed by atoms with Gasteiger partial charge in [0.25, 0.3) is 0 Å². The number of hydrogen-bond acceptors (Lipinski definition) is 7. The van der Waals surface area contributed by atoms with Crippen molar-refractivity contribution in [3.8, 4) is 17.1 Å². The van der Waals surface area contributed by atoms with Crippen molar-refractivity contribution in [2.75, 3.05) is 12.9 Å². The molecule has 2 heterocycles. The van der Waals surface area contributed by atoms with E-state index in [4.69, 9.17) is 9.47 Å². The number of amides is 1. The van der Waals surface area contributed by atoms with Crippen LogP contribution in [0.5, 0.6) is 6.01 Å². The van der Waals surface area contributed by atoms with Crippen molar-refractivity contribution in [3.63, 3.8) is 0 Å². The number of rotatable bonds is 6. The lowest BCUT2D eigenvalue weighted by Gasteiger charge is -2.43. The van der Waals surface area contributed by atoms with E-state index in [0.717, 1.165) is 31.6 Å². The first-order chi connectivity index (χ1) is 16.3. The van der Waals surface area contributed by atoms with Gasteiger partial charge in [-0.15, -0.1) is 0 Å². The van der Waals surface area contributed by atoms with Gasteiger partial charge in [0, 0.05) is 41.9 Å². The second-order valence-electron chi connectivity index (χ2n) is 10.1. The second kappa shape index (κ2) is 10.5. The van der Waals surface area contributed by atoms with Crippen molar-refractivity contribution in [1.29, 1.82) is 0 Å². The Kier molecular flexibility index (Phi) is 8.03. The lowest BCUT2D eigenvalue weighted by Crippen LogP contribution is -2.53. The van der Waals surface area contributed by atoms with Crippen LogP contribution in [0.1, 0.15) is 53.9 Å². The summed E-state index contributed by atoms with van der Waals surface area (Å²) in [6.45, 7) is 10.1. The molecule has 0 N–H and O–H groups in total. The number of likely N-dealkylation sites (tertiary alicyclic amines) is 1. The van der Waals surface area contributed by atoms with Crippen molar-refractivity contribution < 1.29 is 27.1 Å². The van der Waals surface area contributed by atoms with E-state index in [2.05, 4.69) is 16.9 Å². The van der Waals surface area contributed by atoms with E-state index in [1.165, 1.54) is 24.5 Å². The Hall–Kier alpha value is -2.75. The highest BCUT2D eigenvalue weighted by Gasteiger charge is 2.38. The maximum atomic E-state index is 14.5. The van der Waals surface area contributed by atoms with Gasteiger partial charge in [-0.3, -0.25) is 0 Å². The zero-order valence-electron chi connectivity index (χ0n) is 21.1. The highest BCUT2D eigenvalue weighted by atomic mass is 32.2. The Labute approximate surface area is 206 Å². The third kappa shape index (κ3) is 6.90. The van der Waals surface area contributed by atoms with Gasteiger partial charge in [-0.2, -0.15) is 0 Å². The summed E-state index contributed by atoms with van der Waals surface area (Å²) < 4.78 is 49.1. The molecular weight excluding hydrogens is 473 g/mol. The first kappa shape index (κ1) is 26.8. The van der Waals surface area contributed by atoms with Crippen LogP contribution in [0.3, 0.4) is 0 Å². The van der Waals surface area contributed by atoms with Crippen molar-refractivity contribution in [1.82, 2.24) is 14.9 Å². The Balaban J connectivity index is 1.62. The smallest absolute Gasteiger partial charge is 0.410 e. The van der Waals surface area contributed by atoms with Crippen LogP contribution >= 0.6 is 0 Å². The van der Waals surface area contributed by atoms with Gasteiger partial charge in [-0.25, -0.2) is 27.6 Å². The Morgan fingerprint density at radius 1 is 1.20 bits per heavy atom. The van der Waals surface area contributed by atoms with Crippen LogP contribution in [-0.4, -0.2) is 59.9 Å². The largest absolute Gasteiger partial charge is 0.463 e. The molecule has 1 aromatic carbocycles. The molecule has 35 heavy (non-hydrogen) atoms. The summed E-state index contributed by atoms with van der Waals surface area (Å²) >= 11 is 0. The van der Waals surface area contributed by atoms with Gasteiger partial charge >= 0.3 is 12.1 Å². The predicted molar refractivity (Wildman–Crippen MR) is 130 cm³/mol. The molecule has 192 valence electrons. The van der Waals surface area contributed by atoms with Gasteiger partial charge in [0.15, 0.2) is 9.84 Å². The molecule has 1 saturated heterocycles. The number of aromatic nitrogens is 2. The Morgan fingerprint density at radius 3 is 2.40 bits per heavy atom. The summed E-state index contributed by atoms with van der Waals surface area (Å²) in [6, 6.07) is 3.99. The SMILES string of the molecule is CCC1C[C@@H](COc2ncc(-c3ccc(S(C)(=O)=O)cc3F)cn2)CC(C)N1C(=O)OC(C)(C)C. The van der Waals surface area contributed by atoms with Gasteiger partial charge in [-0.1, -0.05) is 13.0 Å². The summed E-state index contributed by atoms with van der Waals surface area (Å²) in [6.07, 6.45) is 6.01. The minimum Gasteiger partial charge on any atom is -0.463 e. The molecule has 1 fully saturated rings. The number of sulfone groups is 1. The molecule has 2 unspecified atom stereocenters. The summed E-state index contributed by atoms with van der Waals surface area (Å²) in [7, 11) is -3.50. The van der Waals surface area contributed by atoms with E-state index >= 15 is 0 Å². The maximum absolute atomic E-state index is 14.5. The van der Waals surface area contributed by atoms with Crippen LogP contribution in [0, 0.1) is 11.7 Å². The zero-order chi connectivity index (χ0) is 26.0. The molecule has 0 aliphatic carbocycles. The number of nitrogens with zero attached hydrogens (tertiary/aromatic N) is 3. The molecule has 0 radical (unpaired) electrons. The highest BCUT2D eigenvalue weighted by molar-refractivity contribution is 7.90. The number of carbonyl (C=O) groups is 1. The minimum atomic E-state index is -3.50. The molecule has 1 aromatic heterocycles. The van der Waals surface area contributed by atoms with Crippen LogP contribution < -0.4 is 4.74 Å². The fourth-order valence-corrected chi connectivity index (χ4v) is 5.01. The van der Waals surface area contributed by atoms with Crippen LogP contribution in [0.15, 0.2) is 35.5 Å². The predicted octanol–water partition coefficient (Wildman–Crippen LogP) is 4.88. The van der Waals surface area contributed by atoms with Crippen molar-refractivity contribution >= 4 is 15.9 Å². The van der Waals surface area contributed by atoms with E-state index in [1.807, 2.05) is 32.6 Å². The Bertz CT molecular complexity index is 1150. The van der Waals surface area contributed by atoms with Crippen LogP contribution in [0.4, 0.5) is 9.18 Å². The van der Waals surface area contributed by atoms with E-state index < -0.39 is 21.3 Å². The monoisotopic (exact) mass is 507 g/mol. The maximum Gasteiger partial charge on any atom is 0.410 e. The zero-order valence-corrected chi connectivity index (χ0v) is 21.9. The third-order valence-corrected chi connectivity index (χ3v) is 7.09. The lowest BCUT2D eigenvalue weighted by molar-refractivity contribution is -0.0151. The summed E-state index contributed by atoms with van der Waals surface area (Å²) in [5.41, 5.74) is 0.0790. The van der Waals surface area contributed by atoms with Crippen molar-refractivity contribution in [2.24, 2.45) is 5.92 Å². The van der Waals surface area contributed by atoms with Crippen molar-refractivity contribution in [3.05, 3.63) is 36.4 Å². The molecule has 8 nitrogen and oxygen atoms in total. The van der Waals surface area contributed by atoms with E-state index in [-0.39, 0.29) is 40.6 Å². The van der Waals surface area contributed by atoms with Gasteiger partial charge in [0.1, 0.15) is 11.4 Å². The topological polar surface area (TPSA) is 98.7 Å². The van der Waals surface area contributed by atoms with Gasteiger partial charge in [-0.05, 0) is 65.0 Å². The van der Waals surface area contributed by atoms with Crippen LogP contribution in [0.25, 0.3) is 11.1 Å². The van der Waals surface area contributed by atoms with E-state index in [0.29, 0.717) is 12.2 Å². The molecule has 1 amide bonds. The van der Waals surface area contributed by atoms with Gasteiger partial charge < -0.3 is 14.4 Å². The standard InChI is InChI=1S/C25H34FN3O5S/c1-7-19-11-17(10-16(2)29(19)24(30)34-25(3,4)5)15-33-23-27-13-18(14-28-23)21-9-8-20(12-22(21)26)35(6,31)32/h8-9,12-14,16-17,19H,7,10-11,15H2,1-6H3/t16?,17-,19?/m0/s1. The summed E-state index contributed by atoms with van der Waals surface area (Å²) in [5, 5.41) is 0. The number of ether oxygens (including phenoxy) is 2. The number of hydrogen-bond donors (Lipinski definition) is 0. The molecule has 0 bridgehead atoms. The first-order valence-corrected chi connectivity index (χ1v) is 13.6. The molecule has 3 rings (SSSR count). The average molecular weight is 508 g/mol. The normalized spacial score (nSPS) is 21.0. The average Bonchev–Trinajstić information content (AvgIpc) is 2.75. The molecular formula is C25H34FN3O5S. The fourth-order valence-electron chi connectivity index (χ4n) is 4.38. The van der Waals surface area contributed by atoms with Crippen LogP contribution in [0.2, 0.25) is 0 Å².